The second-order valence-electron chi connectivity index (χ2n) is 5.96. The summed E-state index contributed by atoms with van der Waals surface area (Å²) in [5.74, 6) is -0.306. The molecule has 130 valence electrons. The molecule has 6 heteroatoms. The van der Waals surface area contributed by atoms with Crippen molar-refractivity contribution in [2.24, 2.45) is 0 Å². The molecule has 0 radical (unpaired) electrons. The van der Waals surface area contributed by atoms with Gasteiger partial charge in [0.1, 0.15) is 0 Å². The summed E-state index contributed by atoms with van der Waals surface area (Å²) < 4.78 is 5.37. The maximum atomic E-state index is 12.7. The molecule has 0 spiro atoms. The van der Waals surface area contributed by atoms with E-state index in [1.54, 1.807) is 53.4 Å². The molecular formula is C19H19ClN2O3. The van der Waals surface area contributed by atoms with Crippen molar-refractivity contribution in [1.29, 1.82) is 0 Å². The van der Waals surface area contributed by atoms with E-state index in [4.69, 9.17) is 16.3 Å². The zero-order valence-corrected chi connectivity index (χ0v) is 14.6. The lowest BCUT2D eigenvalue weighted by Gasteiger charge is -2.33. The normalized spacial score (nSPS) is 17.2. The van der Waals surface area contributed by atoms with E-state index >= 15 is 0 Å². The molecule has 0 aliphatic carbocycles. The first-order chi connectivity index (χ1) is 12.0. The molecule has 1 saturated heterocycles. The number of benzene rings is 2. The molecule has 0 saturated carbocycles. The number of hydrogen-bond acceptors (Lipinski definition) is 3. The van der Waals surface area contributed by atoms with Gasteiger partial charge in [-0.05, 0) is 49.4 Å². The Kier molecular flexibility index (Phi) is 5.36. The fraction of sp³-hybridized carbons (Fsp3) is 0.263. The molecule has 0 bridgehead atoms. The minimum absolute atomic E-state index is 0.0357. The molecule has 5 nitrogen and oxygen atoms in total. The first kappa shape index (κ1) is 17.5. The van der Waals surface area contributed by atoms with E-state index in [-0.39, 0.29) is 17.9 Å². The van der Waals surface area contributed by atoms with Crippen molar-refractivity contribution in [3.63, 3.8) is 0 Å². The quantitative estimate of drug-likeness (QED) is 0.914. The van der Waals surface area contributed by atoms with Crippen LogP contribution < -0.4 is 5.32 Å². The van der Waals surface area contributed by atoms with Crippen LogP contribution in [0.2, 0.25) is 5.02 Å². The van der Waals surface area contributed by atoms with E-state index < -0.39 is 0 Å². The number of ether oxygens (including phenoxy) is 1. The second-order valence-corrected chi connectivity index (χ2v) is 6.40. The molecule has 1 atom stereocenters. The van der Waals surface area contributed by atoms with E-state index in [1.165, 1.54) is 0 Å². The Hall–Kier alpha value is -2.37. The molecule has 1 aliphatic rings. The van der Waals surface area contributed by atoms with E-state index in [1.807, 2.05) is 6.92 Å². The van der Waals surface area contributed by atoms with E-state index in [0.717, 1.165) is 0 Å². The average Bonchev–Trinajstić information content (AvgIpc) is 2.62. The van der Waals surface area contributed by atoms with Gasteiger partial charge in [-0.3, -0.25) is 9.59 Å². The Labute approximate surface area is 151 Å². The number of carbonyl (C=O) groups is 2. The Morgan fingerprint density at radius 3 is 2.64 bits per heavy atom. The van der Waals surface area contributed by atoms with Crippen LogP contribution in [-0.4, -0.2) is 42.5 Å². The smallest absolute Gasteiger partial charge is 0.255 e. The van der Waals surface area contributed by atoms with Gasteiger partial charge in [0.2, 0.25) is 0 Å². The summed E-state index contributed by atoms with van der Waals surface area (Å²) in [5, 5.41) is 3.38. The number of morpholine rings is 1. The lowest BCUT2D eigenvalue weighted by molar-refractivity contribution is 0.00359. The van der Waals surface area contributed by atoms with Crippen molar-refractivity contribution < 1.29 is 14.3 Å². The number of rotatable bonds is 3. The predicted octanol–water partition coefficient (Wildman–Crippen LogP) is 3.45. The molecule has 3 rings (SSSR count). The summed E-state index contributed by atoms with van der Waals surface area (Å²) in [6.07, 6.45) is 0. The van der Waals surface area contributed by atoms with Crippen LogP contribution in [0.1, 0.15) is 27.6 Å². The highest BCUT2D eigenvalue weighted by atomic mass is 35.5. The Morgan fingerprint density at radius 1 is 1.16 bits per heavy atom. The van der Waals surface area contributed by atoms with Gasteiger partial charge in [0, 0.05) is 28.4 Å². The summed E-state index contributed by atoms with van der Waals surface area (Å²) in [7, 11) is 0. The summed E-state index contributed by atoms with van der Waals surface area (Å²) in [4.78, 5) is 26.8. The highest BCUT2D eigenvalue weighted by Gasteiger charge is 2.24. The molecule has 2 aromatic rings. The van der Waals surface area contributed by atoms with E-state index in [0.29, 0.717) is 41.6 Å². The Bertz CT molecular complexity index is 776. The second kappa shape index (κ2) is 7.68. The van der Waals surface area contributed by atoms with Gasteiger partial charge in [-0.25, -0.2) is 0 Å². The van der Waals surface area contributed by atoms with Gasteiger partial charge in [0.05, 0.1) is 19.3 Å². The van der Waals surface area contributed by atoms with E-state index in [9.17, 15) is 9.59 Å². The summed E-state index contributed by atoms with van der Waals surface area (Å²) in [5.41, 5.74) is 1.62. The van der Waals surface area contributed by atoms with Gasteiger partial charge >= 0.3 is 0 Å². The molecule has 1 fully saturated rings. The SMILES string of the molecule is CC1COCCN1C(=O)c1cccc(NC(=O)c2ccc(Cl)cc2)c1. The fourth-order valence-electron chi connectivity index (χ4n) is 2.73. The number of nitrogens with one attached hydrogen (secondary N) is 1. The Balaban J connectivity index is 1.73. The third kappa shape index (κ3) is 4.18. The van der Waals surface area contributed by atoms with Crippen molar-refractivity contribution >= 4 is 29.1 Å². The van der Waals surface area contributed by atoms with Gasteiger partial charge in [0.25, 0.3) is 11.8 Å². The molecule has 1 heterocycles. The molecule has 1 unspecified atom stereocenters. The monoisotopic (exact) mass is 358 g/mol. The largest absolute Gasteiger partial charge is 0.377 e. The zero-order valence-electron chi connectivity index (χ0n) is 13.9. The van der Waals surface area contributed by atoms with Crippen LogP contribution in [0.15, 0.2) is 48.5 Å². The molecule has 25 heavy (non-hydrogen) atoms. The van der Waals surface area contributed by atoms with Crippen LogP contribution in [0.25, 0.3) is 0 Å². The van der Waals surface area contributed by atoms with Crippen molar-refractivity contribution in [3.05, 3.63) is 64.7 Å². The number of anilines is 1. The van der Waals surface area contributed by atoms with Crippen LogP contribution in [0, 0.1) is 0 Å². The maximum absolute atomic E-state index is 12.7. The van der Waals surface area contributed by atoms with Gasteiger partial charge < -0.3 is 15.0 Å². The summed E-state index contributed by atoms with van der Waals surface area (Å²) in [6.45, 7) is 3.62. The van der Waals surface area contributed by atoms with Crippen molar-refractivity contribution in [2.75, 3.05) is 25.1 Å². The number of hydrogen-bond donors (Lipinski definition) is 1. The van der Waals surface area contributed by atoms with Crippen LogP contribution in [0.4, 0.5) is 5.69 Å². The Morgan fingerprint density at radius 2 is 1.92 bits per heavy atom. The van der Waals surface area contributed by atoms with Crippen LogP contribution >= 0.6 is 11.6 Å². The predicted molar refractivity (Wildman–Crippen MR) is 97.2 cm³/mol. The van der Waals surface area contributed by atoms with Crippen molar-refractivity contribution in [2.45, 2.75) is 13.0 Å². The number of halogens is 1. The number of carbonyl (C=O) groups excluding carboxylic acids is 2. The standard InChI is InChI=1S/C19H19ClN2O3/c1-13-12-25-10-9-22(13)19(24)15-3-2-4-17(11-15)21-18(23)14-5-7-16(20)8-6-14/h2-8,11,13H,9-10,12H2,1H3,(H,21,23). The summed E-state index contributed by atoms with van der Waals surface area (Å²) >= 11 is 5.83. The zero-order chi connectivity index (χ0) is 17.8. The molecule has 0 aromatic heterocycles. The molecule has 1 N–H and O–H groups in total. The topological polar surface area (TPSA) is 58.6 Å². The summed E-state index contributed by atoms with van der Waals surface area (Å²) in [6, 6.07) is 13.6. The van der Waals surface area contributed by atoms with Crippen molar-refractivity contribution in [1.82, 2.24) is 4.90 Å². The van der Waals surface area contributed by atoms with Crippen LogP contribution in [0.5, 0.6) is 0 Å². The highest BCUT2D eigenvalue weighted by Crippen LogP contribution is 2.17. The third-order valence-electron chi connectivity index (χ3n) is 4.10. The number of nitrogens with zero attached hydrogens (tertiary/aromatic N) is 1. The lowest BCUT2D eigenvalue weighted by atomic mass is 10.1. The van der Waals surface area contributed by atoms with Gasteiger partial charge in [0.15, 0.2) is 0 Å². The average molecular weight is 359 g/mol. The van der Waals surface area contributed by atoms with E-state index in [2.05, 4.69) is 5.32 Å². The molecule has 2 amide bonds. The fourth-order valence-corrected chi connectivity index (χ4v) is 2.86. The maximum Gasteiger partial charge on any atom is 0.255 e. The van der Waals surface area contributed by atoms with Crippen molar-refractivity contribution in [3.8, 4) is 0 Å². The third-order valence-corrected chi connectivity index (χ3v) is 4.35. The highest BCUT2D eigenvalue weighted by molar-refractivity contribution is 6.30. The first-order valence-corrected chi connectivity index (χ1v) is 8.48. The minimum atomic E-state index is -0.249. The first-order valence-electron chi connectivity index (χ1n) is 8.10. The lowest BCUT2D eigenvalue weighted by Crippen LogP contribution is -2.47. The van der Waals surface area contributed by atoms with Gasteiger partial charge in [-0.1, -0.05) is 17.7 Å². The minimum Gasteiger partial charge on any atom is -0.377 e. The molecular weight excluding hydrogens is 340 g/mol. The van der Waals surface area contributed by atoms with Crippen LogP contribution in [0.3, 0.4) is 0 Å². The molecule has 1 aliphatic heterocycles. The molecule has 2 aromatic carbocycles. The number of amides is 2. The van der Waals surface area contributed by atoms with Crippen LogP contribution in [-0.2, 0) is 4.74 Å². The van der Waals surface area contributed by atoms with Gasteiger partial charge in [-0.15, -0.1) is 0 Å². The van der Waals surface area contributed by atoms with Gasteiger partial charge in [-0.2, -0.15) is 0 Å².